The summed E-state index contributed by atoms with van der Waals surface area (Å²) >= 11 is 7.25. The Morgan fingerprint density at radius 1 is 0.545 bits per heavy atom. The molecular formula is C18H10S4. The summed E-state index contributed by atoms with van der Waals surface area (Å²) in [6, 6.07) is 9.04. The van der Waals surface area contributed by atoms with Crippen LogP contribution in [0, 0.1) is 0 Å². The van der Waals surface area contributed by atoms with Gasteiger partial charge in [0.05, 0.1) is 9.40 Å². The second-order valence-corrected chi connectivity index (χ2v) is 8.49. The monoisotopic (exact) mass is 354 g/mol. The summed E-state index contributed by atoms with van der Waals surface area (Å²) in [5.41, 5.74) is 5.45. The second-order valence-electron chi connectivity index (χ2n) is 5.10. The standard InChI is InChI=1S/C18H10S4/c1-5-19-9-11(1)15-13-3-7-21-17(13)18-14(4-8-22-18)16(15)12-2-6-20-10-12/h1-10H. The van der Waals surface area contributed by atoms with Crippen molar-refractivity contribution in [2.45, 2.75) is 0 Å². The summed E-state index contributed by atoms with van der Waals surface area (Å²) in [5, 5.41) is 16.1. The highest BCUT2D eigenvalue weighted by molar-refractivity contribution is 7.25. The van der Waals surface area contributed by atoms with Crippen LogP contribution in [0.4, 0.5) is 0 Å². The summed E-state index contributed by atoms with van der Waals surface area (Å²) in [5.74, 6) is 0. The lowest BCUT2D eigenvalue weighted by Crippen LogP contribution is -1.85. The lowest BCUT2D eigenvalue weighted by molar-refractivity contribution is 1.78. The minimum Gasteiger partial charge on any atom is -0.152 e. The van der Waals surface area contributed by atoms with E-state index in [1.54, 1.807) is 22.7 Å². The molecule has 4 heterocycles. The highest BCUT2D eigenvalue weighted by Crippen LogP contribution is 2.48. The zero-order valence-electron chi connectivity index (χ0n) is 11.4. The number of rotatable bonds is 2. The maximum absolute atomic E-state index is 2.28. The van der Waals surface area contributed by atoms with E-state index in [0.717, 1.165) is 0 Å². The fourth-order valence-electron chi connectivity index (χ4n) is 3.05. The zero-order valence-corrected chi connectivity index (χ0v) is 14.7. The number of thiophene rings is 4. The fourth-order valence-corrected chi connectivity index (χ4v) is 6.34. The molecule has 0 aliphatic heterocycles. The first-order valence-corrected chi connectivity index (χ1v) is 10.5. The third-order valence-electron chi connectivity index (χ3n) is 3.95. The summed E-state index contributed by atoms with van der Waals surface area (Å²) in [6.07, 6.45) is 0. The maximum atomic E-state index is 2.28. The van der Waals surface area contributed by atoms with E-state index in [4.69, 9.17) is 0 Å². The smallest absolute Gasteiger partial charge is 0.0527 e. The number of benzene rings is 1. The first kappa shape index (κ1) is 13.0. The normalized spacial score (nSPS) is 11.6. The Morgan fingerprint density at radius 3 is 1.45 bits per heavy atom. The Balaban J connectivity index is 2.06. The minimum atomic E-state index is 1.34. The highest BCUT2D eigenvalue weighted by Gasteiger charge is 2.19. The van der Waals surface area contributed by atoms with Crippen LogP contribution >= 0.6 is 45.3 Å². The summed E-state index contributed by atoms with van der Waals surface area (Å²) in [6.45, 7) is 0. The van der Waals surface area contributed by atoms with Crippen LogP contribution in [0.1, 0.15) is 0 Å². The molecule has 5 aromatic rings. The van der Waals surface area contributed by atoms with E-state index in [9.17, 15) is 0 Å². The van der Waals surface area contributed by atoms with Crippen molar-refractivity contribution in [2.75, 3.05) is 0 Å². The van der Waals surface area contributed by atoms with Gasteiger partial charge in [-0.2, -0.15) is 22.7 Å². The van der Waals surface area contributed by atoms with Gasteiger partial charge in [-0.05, 0) is 78.8 Å². The molecule has 5 rings (SSSR count). The molecule has 0 bridgehead atoms. The van der Waals surface area contributed by atoms with Gasteiger partial charge in [0.1, 0.15) is 0 Å². The van der Waals surface area contributed by atoms with Crippen molar-refractivity contribution in [3.05, 3.63) is 56.5 Å². The minimum absolute atomic E-state index is 1.34. The van der Waals surface area contributed by atoms with Crippen molar-refractivity contribution in [3.8, 4) is 22.3 Å². The predicted molar refractivity (Wildman–Crippen MR) is 104 cm³/mol. The summed E-state index contributed by atoms with van der Waals surface area (Å²) < 4.78 is 2.84. The molecule has 22 heavy (non-hydrogen) atoms. The van der Waals surface area contributed by atoms with Gasteiger partial charge in [-0.1, -0.05) is 0 Å². The average Bonchev–Trinajstić information content (AvgIpc) is 3.32. The number of hydrogen-bond donors (Lipinski definition) is 0. The van der Waals surface area contributed by atoms with Crippen LogP contribution in [0.2, 0.25) is 0 Å². The Bertz CT molecular complexity index is 972. The first-order chi connectivity index (χ1) is 10.9. The molecule has 4 heteroatoms. The molecule has 0 nitrogen and oxygen atoms in total. The lowest BCUT2D eigenvalue weighted by atomic mass is 9.92. The molecule has 0 fully saturated rings. The van der Waals surface area contributed by atoms with E-state index < -0.39 is 0 Å². The molecule has 0 unspecified atom stereocenters. The third-order valence-corrected chi connectivity index (χ3v) is 7.30. The molecule has 0 atom stereocenters. The molecule has 0 spiro atoms. The van der Waals surface area contributed by atoms with Crippen molar-refractivity contribution < 1.29 is 0 Å². The number of hydrogen-bond acceptors (Lipinski definition) is 4. The van der Waals surface area contributed by atoms with Gasteiger partial charge >= 0.3 is 0 Å². The van der Waals surface area contributed by atoms with Crippen LogP contribution < -0.4 is 0 Å². The molecule has 0 N–H and O–H groups in total. The Kier molecular flexibility index (Phi) is 2.98. The van der Waals surface area contributed by atoms with Crippen molar-refractivity contribution in [1.82, 2.24) is 0 Å². The first-order valence-electron chi connectivity index (χ1n) is 6.89. The SMILES string of the molecule is c1cc(-c2c(-c3ccsc3)c3ccsc3c3sccc23)cs1. The topological polar surface area (TPSA) is 0 Å². The van der Waals surface area contributed by atoms with Crippen molar-refractivity contribution in [1.29, 1.82) is 0 Å². The van der Waals surface area contributed by atoms with Crippen LogP contribution in [-0.4, -0.2) is 0 Å². The van der Waals surface area contributed by atoms with Crippen LogP contribution in [0.3, 0.4) is 0 Å². The molecule has 0 saturated carbocycles. The van der Waals surface area contributed by atoms with Crippen molar-refractivity contribution in [3.63, 3.8) is 0 Å². The molecule has 0 saturated heterocycles. The maximum Gasteiger partial charge on any atom is 0.0527 e. The fraction of sp³-hybridized carbons (Fsp3) is 0. The number of fused-ring (bicyclic) bond motifs is 3. The quantitative estimate of drug-likeness (QED) is 0.306. The third kappa shape index (κ3) is 1.78. The van der Waals surface area contributed by atoms with E-state index in [1.807, 2.05) is 22.7 Å². The van der Waals surface area contributed by atoms with Gasteiger partial charge in [-0.15, -0.1) is 22.7 Å². The van der Waals surface area contributed by atoms with E-state index in [-0.39, 0.29) is 0 Å². The van der Waals surface area contributed by atoms with Gasteiger partial charge in [-0.25, -0.2) is 0 Å². The van der Waals surface area contributed by atoms with Crippen molar-refractivity contribution >= 4 is 65.5 Å². The van der Waals surface area contributed by atoms with Gasteiger partial charge < -0.3 is 0 Å². The Labute approximate surface area is 143 Å². The molecule has 0 aliphatic carbocycles. The second kappa shape index (κ2) is 5.03. The highest BCUT2D eigenvalue weighted by atomic mass is 32.1. The molecule has 1 aromatic carbocycles. The Hall–Kier alpha value is -1.46. The van der Waals surface area contributed by atoms with E-state index in [1.165, 1.54) is 42.4 Å². The molecule has 4 aromatic heterocycles. The zero-order chi connectivity index (χ0) is 14.5. The molecule has 0 radical (unpaired) electrons. The van der Waals surface area contributed by atoms with Crippen molar-refractivity contribution in [2.24, 2.45) is 0 Å². The van der Waals surface area contributed by atoms with Gasteiger partial charge in [0.25, 0.3) is 0 Å². The van der Waals surface area contributed by atoms with Gasteiger partial charge in [0.2, 0.25) is 0 Å². The van der Waals surface area contributed by atoms with Gasteiger partial charge in [0.15, 0.2) is 0 Å². The predicted octanol–water partition coefficient (Wildman–Crippen LogP) is 7.57. The molecule has 0 amide bonds. The molecular weight excluding hydrogens is 344 g/mol. The Morgan fingerprint density at radius 2 is 1.05 bits per heavy atom. The van der Waals surface area contributed by atoms with E-state index in [2.05, 4.69) is 56.5 Å². The largest absolute Gasteiger partial charge is 0.152 e. The van der Waals surface area contributed by atoms with Crippen LogP contribution in [0.15, 0.2) is 56.5 Å². The van der Waals surface area contributed by atoms with Crippen LogP contribution in [0.25, 0.3) is 42.4 Å². The van der Waals surface area contributed by atoms with Gasteiger partial charge in [-0.3, -0.25) is 0 Å². The average molecular weight is 355 g/mol. The van der Waals surface area contributed by atoms with Crippen LogP contribution in [0.5, 0.6) is 0 Å². The van der Waals surface area contributed by atoms with E-state index in [0.29, 0.717) is 0 Å². The summed E-state index contributed by atoms with van der Waals surface area (Å²) in [7, 11) is 0. The molecule has 0 aliphatic rings. The van der Waals surface area contributed by atoms with Gasteiger partial charge in [0, 0.05) is 10.8 Å². The van der Waals surface area contributed by atoms with E-state index >= 15 is 0 Å². The molecule has 106 valence electrons. The lowest BCUT2D eigenvalue weighted by Gasteiger charge is -2.12. The van der Waals surface area contributed by atoms with Crippen LogP contribution in [-0.2, 0) is 0 Å². The summed E-state index contributed by atoms with van der Waals surface area (Å²) in [4.78, 5) is 0.